The number of carbonyl (C=O) groups is 1. The van der Waals surface area contributed by atoms with Crippen LogP contribution in [0.25, 0.3) is 0 Å². The molecule has 228 valence electrons. The van der Waals surface area contributed by atoms with Crippen molar-refractivity contribution in [1.29, 1.82) is 5.26 Å². The Kier molecular flexibility index (Phi) is 8.50. The van der Waals surface area contributed by atoms with Crippen LogP contribution < -0.4 is 5.32 Å². The minimum absolute atomic E-state index is 0.0664. The molecule has 3 aliphatic rings. The van der Waals surface area contributed by atoms with Crippen molar-refractivity contribution in [3.8, 4) is 6.07 Å². The highest BCUT2D eigenvalue weighted by Crippen LogP contribution is 2.45. The number of ether oxygens (including phenoxy) is 1. The van der Waals surface area contributed by atoms with E-state index in [4.69, 9.17) is 14.7 Å². The van der Waals surface area contributed by atoms with Gasteiger partial charge in [0.05, 0.1) is 22.9 Å². The maximum Gasteiger partial charge on any atom is 0.416 e. The van der Waals surface area contributed by atoms with Gasteiger partial charge in [-0.05, 0) is 88.1 Å². The highest BCUT2D eigenvalue weighted by Gasteiger charge is 2.42. The third-order valence-corrected chi connectivity index (χ3v) is 8.26. The van der Waals surface area contributed by atoms with Gasteiger partial charge in [-0.1, -0.05) is 24.3 Å². The number of aliphatic imine (C=N–C) groups is 2. The first-order chi connectivity index (χ1) is 20.3. The minimum atomic E-state index is -4.47. The standard InChI is InChI=1S/C32H35F4N5O2/c1-31(2,3)43-30(42)38-22-12-14-41(15-13-22)29-39-27-11-10-19(23-6-4-5-7-25(23)32(34,35)36)16-24(27)28(40-29)20-8-9-21(18-37)26(33)17-20/h4-9,17,19,22,24,27H,10-16H2,1-3H3,(H,38,42). The van der Waals surface area contributed by atoms with Crippen molar-refractivity contribution in [1.82, 2.24) is 10.2 Å². The van der Waals surface area contributed by atoms with Crippen molar-refractivity contribution < 1.29 is 27.1 Å². The van der Waals surface area contributed by atoms with Crippen LogP contribution >= 0.6 is 0 Å². The number of amides is 1. The zero-order chi connectivity index (χ0) is 30.9. The lowest BCUT2D eigenvalue weighted by molar-refractivity contribution is -0.138. The molecule has 3 atom stereocenters. The molecule has 2 aromatic carbocycles. The first kappa shape index (κ1) is 30.5. The van der Waals surface area contributed by atoms with Crippen LogP contribution in [0.15, 0.2) is 52.4 Å². The summed E-state index contributed by atoms with van der Waals surface area (Å²) in [4.78, 5) is 24.1. The van der Waals surface area contributed by atoms with Crippen LogP contribution in [0.5, 0.6) is 0 Å². The van der Waals surface area contributed by atoms with Crippen LogP contribution in [0.3, 0.4) is 0 Å². The van der Waals surface area contributed by atoms with Gasteiger partial charge in [0.2, 0.25) is 5.96 Å². The van der Waals surface area contributed by atoms with Gasteiger partial charge in [0, 0.05) is 25.0 Å². The van der Waals surface area contributed by atoms with E-state index in [1.54, 1.807) is 18.2 Å². The number of piperidine rings is 1. The Balaban J connectivity index is 1.40. The van der Waals surface area contributed by atoms with Gasteiger partial charge in [-0.2, -0.15) is 18.4 Å². The molecule has 43 heavy (non-hydrogen) atoms. The smallest absolute Gasteiger partial charge is 0.416 e. The van der Waals surface area contributed by atoms with Crippen LogP contribution in [0, 0.1) is 23.1 Å². The van der Waals surface area contributed by atoms with E-state index in [1.165, 1.54) is 18.2 Å². The lowest BCUT2D eigenvalue weighted by Gasteiger charge is -2.40. The fourth-order valence-corrected chi connectivity index (χ4v) is 6.26. The quantitative estimate of drug-likeness (QED) is 0.394. The Bertz CT molecular complexity index is 1470. The summed E-state index contributed by atoms with van der Waals surface area (Å²) in [5.74, 6) is -0.848. The summed E-state index contributed by atoms with van der Waals surface area (Å²) in [7, 11) is 0. The van der Waals surface area contributed by atoms with Gasteiger partial charge in [0.15, 0.2) is 0 Å². The van der Waals surface area contributed by atoms with Crippen LogP contribution in [0.1, 0.15) is 81.0 Å². The van der Waals surface area contributed by atoms with Gasteiger partial charge in [-0.25, -0.2) is 19.2 Å². The van der Waals surface area contributed by atoms with Crippen molar-refractivity contribution in [2.24, 2.45) is 15.9 Å². The molecule has 1 saturated carbocycles. The lowest BCUT2D eigenvalue weighted by Crippen LogP contribution is -2.49. The zero-order valence-electron chi connectivity index (χ0n) is 24.4. The van der Waals surface area contributed by atoms with Crippen molar-refractivity contribution in [3.63, 3.8) is 0 Å². The summed E-state index contributed by atoms with van der Waals surface area (Å²) in [6.07, 6.45) is -2.16. The molecule has 2 aromatic rings. The summed E-state index contributed by atoms with van der Waals surface area (Å²) in [6.45, 7) is 6.58. The molecule has 0 aromatic heterocycles. The Labute approximate surface area is 248 Å². The van der Waals surface area contributed by atoms with Crippen molar-refractivity contribution in [3.05, 3.63) is 70.5 Å². The lowest BCUT2D eigenvalue weighted by atomic mass is 9.71. The molecule has 1 N–H and O–H groups in total. The zero-order valence-corrected chi connectivity index (χ0v) is 24.4. The normalized spacial score (nSPS) is 23.0. The number of carbonyl (C=O) groups excluding carboxylic acids is 1. The minimum Gasteiger partial charge on any atom is -0.444 e. The molecule has 3 unspecified atom stereocenters. The molecule has 0 bridgehead atoms. The summed E-state index contributed by atoms with van der Waals surface area (Å²) < 4.78 is 61.8. The van der Waals surface area contributed by atoms with Crippen LogP contribution in [0.2, 0.25) is 0 Å². The molecule has 11 heteroatoms. The van der Waals surface area contributed by atoms with Gasteiger partial charge in [0.1, 0.15) is 17.5 Å². The number of guanidine groups is 1. The second-order valence-electron chi connectivity index (χ2n) is 12.4. The topological polar surface area (TPSA) is 90.1 Å². The average Bonchev–Trinajstić information content (AvgIpc) is 2.95. The van der Waals surface area contributed by atoms with E-state index in [9.17, 15) is 27.6 Å². The fraction of sp³-hybridized carbons (Fsp3) is 0.500. The van der Waals surface area contributed by atoms with Crippen LogP contribution in [-0.4, -0.2) is 53.4 Å². The molecule has 7 nitrogen and oxygen atoms in total. The van der Waals surface area contributed by atoms with E-state index < -0.39 is 29.3 Å². The molecule has 1 aliphatic carbocycles. The number of hydrogen-bond acceptors (Lipinski definition) is 6. The first-order valence-electron chi connectivity index (χ1n) is 14.6. The third kappa shape index (κ3) is 7.00. The highest BCUT2D eigenvalue weighted by atomic mass is 19.4. The fourth-order valence-electron chi connectivity index (χ4n) is 6.26. The Morgan fingerprint density at radius 1 is 1.07 bits per heavy atom. The summed E-state index contributed by atoms with van der Waals surface area (Å²) in [5, 5.41) is 12.2. The van der Waals surface area contributed by atoms with Crippen molar-refractivity contribution >= 4 is 17.8 Å². The number of hydrogen-bond donors (Lipinski definition) is 1. The average molecular weight is 598 g/mol. The number of likely N-dealkylation sites (tertiary alicyclic amines) is 1. The number of rotatable bonds is 3. The Morgan fingerprint density at radius 3 is 2.44 bits per heavy atom. The largest absolute Gasteiger partial charge is 0.444 e. The number of alkyl carbamates (subject to hydrolysis) is 1. The van der Waals surface area contributed by atoms with Gasteiger partial charge in [-0.3, -0.25) is 0 Å². The Hall–Kier alpha value is -3.94. The maximum atomic E-state index is 14.8. The molecule has 5 rings (SSSR count). The molecular formula is C32H35F4N5O2. The number of benzene rings is 2. The molecule has 2 heterocycles. The highest BCUT2D eigenvalue weighted by molar-refractivity contribution is 6.10. The molecular weight excluding hydrogens is 562 g/mol. The number of fused-ring (bicyclic) bond motifs is 1. The third-order valence-electron chi connectivity index (χ3n) is 8.26. The van der Waals surface area contributed by atoms with Gasteiger partial charge in [0.25, 0.3) is 0 Å². The van der Waals surface area contributed by atoms with E-state index in [-0.39, 0.29) is 35.0 Å². The number of nitriles is 1. The molecule has 0 radical (unpaired) electrons. The summed E-state index contributed by atoms with van der Waals surface area (Å²) >= 11 is 0. The molecule has 0 spiro atoms. The van der Waals surface area contributed by atoms with Gasteiger partial charge in [-0.15, -0.1) is 0 Å². The van der Waals surface area contributed by atoms with E-state index in [1.807, 2.05) is 31.7 Å². The molecule has 2 fully saturated rings. The number of nitrogens with one attached hydrogen (secondary N) is 1. The van der Waals surface area contributed by atoms with Crippen LogP contribution in [0.4, 0.5) is 22.4 Å². The van der Waals surface area contributed by atoms with Crippen molar-refractivity contribution in [2.45, 2.75) is 82.7 Å². The van der Waals surface area contributed by atoms with Gasteiger partial charge >= 0.3 is 12.3 Å². The molecule has 1 amide bonds. The SMILES string of the molecule is CC(C)(C)OC(=O)NC1CCN(C2=NC3CCC(c4ccccc4C(F)(F)F)CC3C(c3ccc(C#N)c(F)c3)=N2)CC1. The maximum absolute atomic E-state index is 14.8. The summed E-state index contributed by atoms with van der Waals surface area (Å²) in [5.41, 5.74) is -0.00275. The first-order valence-corrected chi connectivity index (χ1v) is 14.6. The summed E-state index contributed by atoms with van der Waals surface area (Å²) in [6, 6.07) is 11.5. The predicted molar refractivity (Wildman–Crippen MR) is 154 cm³/mol. The van der Waals surface area contributed by atoms with E-state index in [0.717, 1.165) is 6.07 Å². The number of nitrogens with zero attached hydrogens (tertiary/aromatic N) is 4. The molecule has 1 saturated heterocycles. The number of alkyl halides is 3. The second kappa shape index (κ2) is 12.0. The molecule has 2 aliphatic heterocycles. The van der Waals surface area contributed by atoms with E-state index >= 15 is 0 Å². The van der Waals surface area contributed by atoms with Gasteiger partial charge < -0.3 is 15.0 Å². The predicted octanol–water partition coefficient (Wildman–Crippen LogP) is 6.82. The van der Waals surface area contributed by atoms with E-state index in [0.29, 0.717) is 62.4 Å². The van der Waals surface area contributed by atoms with Crippen LogP contribution in [-0.2, 0) is 10.9 Å². The monoisotopic (exact) mass is 597 g/mol. The van der Waals surface area contributed by atoms with E-state index in [2.05, 4.69) is 5.32 Å². The van der Waals surface area contributed by atoms with Crippen molar-refractivity contribution in [2.75, 3.05) is 13.1 Å². The number of halogens is 4. The second-order valence-corrected chi connectivity index (χ2v) is 12.4. The Morgan fingerprint density at radius 2 is 1.79 bits per heavy atom.